The average Bonchev–Trinajstić information content (AvgIpc) is 3.14. The van der Waals surface area contributed by atoms with Crippen LogP contribution in [0.15, 0.2) is 30.6 Å². The molecule has 0 radical (unpaired) electrons. The summed E-state index contributed by atoms with van der Waals surface area (Å²) in [5, 5.41) is 3.14. The molecule has 7 heteroatoms. The maximum absolute atomic E-state index is 5.93. The number of benzene rings is 1. The molecule has 1 aromatic heterocycles. The predicted molar refractivity (Wildman–Crippen MR) is 98.5 cm³/mol. The van der Waals surface area contributed by atoms with Gasteiger partial charge in [0.25, 0.3) is 0 Å². The largest absolute Gasteiger partial charge is 0.493 e. The molecule has 0 amide bonds. The number of nitrogens with two attached hydrogens (primary N) is 1. The van der Waals surface area contributed by atoms with Gasteiger partial charge in [-0.15, -0.1) is 0 Å². The van der Waals surface area contributed by atoms with Gasteiger partial charge in [0.05, 0.1) is 31.8 Å². The zero-order valence-corrected chi connectivity index (χ0v) is 14.6. The molecule has 2 heterocycles. The van der Waals surface area contributed by atoms with Crippen LogP contribution in [0.3, 0.4) is 0 Å². The second-order valence-corrected chi connectivity index (χ2v) is 6.08. The highest BCUT2D eigenvalue weighted by atomic mass is 16.5. The Balaban J connectivity index is 1.57. The van der Waals surface area contributed by atoms with Crippen molar-refractivity contribution < 1.29 is 9.47 Å². The Kier molecular flexibility index (Phi) is 5.90. The van der Waals surface area contributed by atoms with E-state index in [9.17, 15) is 0 Å². The minimum Gasteiger partial charge on any atom is -0.493 e. The number of rotatable bonds is 8. The van der Waals surface area contributed by atoms with Crippen molar-refractivity contribution in [1.29, 1.82) is 0 Å². The van der Waals surface area contributed by atoms with Gasteiger partial charge in [0.1, 0.15) is 0 Å². The summed E-state index contributed by atoms with van der Waals surface area (Å²) in [5.41, 5.74) is 6.97. The SMILES string of the molecule is COc1ccc(Nc2ncc(N)cn2)cc1OCCCN1CCCC1. The molecular weight excluding hydrogens is 318 g/mol. The van der Waals surface area contributed by atoms with Gasteiger partial charge < -0.3 is 25.4 Å². The molecule has 3 rings (SSSR count). The first kappa shape index (κ1) is 17.3. The molecule has 0 saturated carbocycles. The summed E-state index contributed by atoms with van der Waals surface area (Å²) in [7, 11) is 1.64. The van der Waals surface area contributed by atoms with E-state index in [-0.39, 0.29) is 0 Å². The number of hydrogen-bond donors (Lipinski definition) is 2. The Morgan fingerprint density at radius 3 is 2.64 bits per heavy atom. The van der Waals surface area contributed by atoms with Crippen molar-refractivity contribution in [2.75, 3.05) is 44.4 Å². The van der Waals surface area contributed by atoms with Crippen molar-refractivity contribution in [3.05, 3.63) is 30.6 Å². The molecule has 7 nitrogen and oxygen atoms in total. The Bertz CT molecular complexity index is 672. The molecule has 1 aliphatic heterocycles. The Labute approximate surface area is 148 Å². The van der Waals surface area contributed by atoms with Crippen LogP contribution in [0.2, 0.25) is 0 Å². The molecule has 25 heavy (non-hydrogen) atoms. The zero-order valence-electron chi connectivity index (χ0n) is 14.6. The lowest BCUT2D eigenvalue weighted by atomic mass is 10.2. The normalized spacial score (nSPS) is 14.4. The van der Waals surface area contributed by atoms with E-state index in [2.05, 4.69) is 20.2 Å². The van der Waals surface area contributed by atoms with Gasteiger partial charge >= 0.3 is 0 Å². The van der Waals surface area contributed by atoms with Gasteiger partial charge in [-0.25, -0.2) is 9.97 Å². The fourth-order valence-corrected chi connectivity index (χ4v) is 2.88. The van der Waals surface area contributed by atoms with E-state index in [0.717, 1.165) is 18.7 Å². The number of aromatic nitrogens is 2. The van der Waals surface area contributed by atoms with Crippen molar-refractivity contribution in [2.24, 2.45) is 0 Å². The molecule has 0 aliphatic carbocycles. The van der Waals surface area contributed by atoms with Crippen LogP contribution in [-0.2, 0) is 0 Å². The van der Waals surface area contributed by atoms with Gasteiger partial charge in [-0.3, -0.25) is 0 Å². The van der Waals surface area contributed by atoms with Crippen molar-refractivity contribution in [2.45, 2.75) is 19.3 Å². The van der Waals surface area contributed by atoms with Crippen molar-refractivity contribution >= 4 is 17.3 Å². The summed E-state index contributed by atoms with van der Waals surface area (Å²) < 4.78 is 11.3. The van der Waals surface area contributed by atoms with Crippen molar-refractivity contribution in [3.63, 3.8) is 0 Å². The molecule has 0 atom stereocenters. The summed E-state index contributed by atoms with van der Waals surface area (Å²) in [4.78, 5) is 10.8. The van der Waals surface area contributed by atoms with Crippen LogP contribution in [0.25, 0.3) is 0 Å². The molecule has 1 fully saturated rings. The molecule has 0 unspecified atom stereocenters. The summed E-state index contributed by atoms with van der Waals surface area (Å²) in [6.45, 7) is 4.17. The molecular formula is C18H25N5O2. The summed E-state index contributed by atoms with van der Waals surface area (Å²) >= 11 is 0. The number of anilines is 3. The molecule has 2 aromatic rings. The minimum absolute atomic E-state index is 0.486. The lowest BCUT2D eigenvalue weighted by molar-refractivity contribution is 0.254. The molecule has 0 spiro atoms. The summed E-state index contributed by atoms with van der Waals surface area (Å²) in [6.07, 6.45) is 6.76. The zero-order chi connectivity index (χ0) is 17.5. The highest BCUT2D eigenvalue weighted by molar-refractivity contribution is 5.60. The molecule has 1 aromatic carbocycles. The van der Waals surface area contributed by atoms with Crippen LogP contribution in [0, 0.1) is 0 Å². The van der Waals surface area contributed by atoms with Crippen LogP contribution >= 0.6 is 0 Å². The van der Waals surface area contributed by atoms with Crippen LogP contribution in [0.4, 0.5) is 17.3 Å². The lowest BCUT2D eigenvalue weighted by Gasteiger charge is -2.16. The summed E-state index contributed by atoms with van der Waals surface area (Å²) in [5.74, 6) is 1.91. The third-order valence-electron chi connectivity index (χ3n) is 4.17. The monoisotopic (exact) mass is 343 g/mol. The second-order valence-electron chi connectivity index (χ2n) is 6.08. The number of ether oxygens (including phenoxy) is 2. The van der Waals surface area contributed by atoms with E-state index in [0.29, 0.717) is 29.7 Å². The van der Waals surface area contributed by atoms with Gasteiger partial charge in [0.2, 0.25) is 5.95 Å². The number of nitrogens with one attached hydrogen (secondary N) is 1. The topological polar surface area (TPSA) is 85.5 Å². The van der Waals surface area contributed by atoms with Gasteiger partial charge in [-0.05, 0) is 44.5 Å². The fraction of sp³-hybridized carbons (Fsp3) is 0.444. The number of methoxy groups -OCH3 is 1. The molecule has 0 bridgehead atoms. The standard InChI is InChI=1S/C18H25N5O2/c1-24-16-6-5-15(22-18-20-12-14(19)13-21-18)11-17(16)25-10-4-9-23-7-2-3-8-23/h5-6,11-13H,2-4,7-10,19H2,1H3,(H,20,21,22). The molecule has 3 N–H and O–H groups in total. The predicted octanol–water partition coefficient (Wildman–Crippen LogP) is 2.68. The van der Waals surface area contributed by atoms with Crippen molar-refractivity contribution in [3.8, 4) is 11.5 Å². The third kappa shape index (κ3) is 4.96. The number of nitrogens with zero attached hydrogens (tertiary/aromatic N) is 3. The van der Waals surface area contributed by atoms with Gasteiger partial charge in [-0.1, -0.05) is 0 Å². The summed E-state index contributed by atoms with van der Waals surface area (Å²) in [6, 6.07) is 5.67. The van der Waals surface area contributed by atoms with E-state index in [4.69, 9.17) is 15.2 Å². The van der Waals surface area contributed by atoms with E-state index in [1.807, 2.05) is 18.2 Å². The fourth-order valence-electron chi connectivity index (χ4n) is 2.88. The van der Waals surface area contributed by atoms with E-state index in [1.165, 1.54) is 25.9 Å². The first-order valence-corrected chi connectivity index (χ1v) is 8.62. The van der Waals surface area contributed by atoms with E-state index in [1.54, 1.807) is 19.5 Å². The van der Waals surface area contributed by atoms with Crippen molar-refractivity contribution in [1.82, 2.24) is 14.9 Å². The first-order chi connectivity index (χ1) is 12.2. The smallest absolute Gasteiger partial charge is 0.227 e. The van der Waals surface area contributed by atoms with E-state index < -0.39 is 0 Å². The average molecular weight is 343 g/mol. The molecule has 1 saturated heterocycles. The Morgan fingerprint density at radius 2 is 1.92 bits per heavy atom. The minimum atomic E-state index is 0.486. The number of hydrogen-bond acceptors (Lipinski definition) is 7. The second kappa shape index (κ2) is 8.53. The number of nitrogen functional groups attached to an aromatic ring is 1. The van der Waals surface area contributed by atoms with E-state index >= 15 is 0 Å². The highest BCUT2D eigenvalue weighted by Crippen LogP contribution is 2.31. The third-order valence-corrected chi connectivity index (χ3v) is 4.17. The Hall–Kier alpha value is -2.54. The quantitative estimate of drug-likeness (QED) is 0.713. The highest BCUT2D eigenvalue weighted by Gasteiger charge is 2.11. The lowest BCUT2D eigenvalue weighted by Crippen LogP contribution is -2.21. The van der Waals surface area contributed by atoms with Crippen LogP contribution in [0.5, 0.6) is 11.5 Å². The molecule has 1 aliphatic rings. The molecule has 134 valence electrons. The first-order valence-electron chi connectivity index (χ1n) is 8.62. The van der Waals surface area contributed by atoms with Gasteiger partial charge in [-0.2, -0.15) is 0 Å². The van der Waals surface area contributed by atoms with Crippen LogP contribution in [0.1, 0.15) is 19.3 Å². The van der Waals surface area contributed by atoms with Crippen LogP contribution < -0.4 is 20.5 Å². The van der Waals surface area contributed by atoms with Crippen LogP contribution in [-0.4, -0.2) is 48.2 Å². The maximum Gasteiger partial charge on any atom is 0.227 e. The van der Waals surface area contributed by atoms with Gasteiger partial charge in [0.15, 0.2) is 11.5 Å². The maximum atomic E-state index is 5.93. The Morgan fingerprint density at radius 1 is 1.16 bits per heavy atom. The number of likely N-dealkylation sites (tertiary alicyclic amines) is 1. The van der Waals surface area contributed by atoms with Gasteiger partial charge in [0, 0.05) is 18.3 Å².